The highest BCUT2D eigenvalue weighted by molar-refractivity contribution is 6.30. The Labute approximate surface area is 91.9 Å². The van der Waals surface area contributed by atoms with Crippen LogP contribution in [0.5, 0.6) is 0 Å². The van der Waals surface area contributed by atoms with Crippen LogP contribution in [-0.4, -0.2) is 17.6 Å². The third kappa shape index (κ3) is 2.91. The SMILES string of the molecule is CCNC(C(=O)O)c1ccc(Cl)cc1F. The van der Waals surface area contributed by atoms with Crippen LogP contribution in [0.1, 0.15) is 18.5 Å². The van der Waals surface area contributed by atoms with E-state index in [1.807, 2.05) is 0 Å². The molecule has 1 aromatic rings. The predicted octanol–water partition coefficient (Wildman–Crippen LogP) is 2.21. The fourth-order valence-corrected chi connectivity index (χ4v) is 1.43. The zero-order valence-electron chi connectivity index (χ0n) is 8.13. The number of carbonyl (C=O) groups is 1. The van der Waals surface area contributed by atoms with E-state index < -0.39 is 17.8 Å². The van der Waals surface area contributed by atoms with Gasteiger partial charge in [-0.15, -0.1) is 0 Å². The number of hydrogen-bond acceptors (Lipinski definition) is 2. The van der Waals surface area contributed by atoms with Crippen LogP contribution in [0.3, 0.4) is 0 Å². The molecule has 1 aromatic carbocycles. The van der Waals surface area contributed by atoms with E-state index in [0.29, 0.717) is 6.54 Å². The molecule has 0 saturated heterocycles. The molecule has 0 aliphatic carbocycles. The Morgan fingerprint density at radius 1 is 1.67 bits per heavy atom. The van der Waals surface area contributed by atoms with E-state index in [2.05, 4.69) is 5.32 Å². The van der Waals surface area contributed by atoms with Crippen LogP contribution in [0.4, 0.5) is 4.39 Å². The van der Waals surface area contributed by atoms with Crippen molar-refractivity contribution in [2.24, 2.45) is 0 Å². The number of benzene rings is 1. The van der Waals surface area contributed by atoms with Gasteiger partial charge in [-0.2, -0.15) is 0 Å². The van der Waals surface area contributed by atoms with Crippen LogP contribution >= 0.6 is 11.6 Å². The Kier molecular flexibility index (Phi) is 4.05. The maximum Gasteiger partial charge on any atom is 0.325 e. The summed E-state index contributed by atoms with van der Waals surface area (Å²) in [5.74, 6) is -1.73. The maximum absolute atomic E-state index is 13.4. The third-order valence-corrected chi connectivity index (χ3v) is 2.16. The van der Waals surface area contributed by atoms with E-state index in [1.165, 1.54) is 12.1 Å². The summed E-state index contributed by atoms with van der Waals surface area (Å²) in [5, 5.41) is 11.8. The van der Waals surface area contributed by atoms with Gasteiger partial charge < -0.3 is 10.4 Å². The maximum atomic E-state index is 13.4. The Hall–Kier alpha value is -1.13. The standard InChI is InChI=1S/C10H11ClFNO2/c1-2-13-9(10(14)15)7-4-3-6(11)5-8(7)12/h3-5,9,13H,2H2,1H3,(H,14,15). The molecule has 1 unspecified atom stereocenters. The minimum atomic E-state index is -1.11. The van der Waals surface area contributed by atoms with E-state index >= 15 is 0 Å². The van der Waals surface area contributed by atoms with Gasteiger partial charge in [0.25, 0.3) is 0 Å². The molecule has 2 N–H and O–H groups in total. The van der Waals surface area contributed by atoms with Crippen molar-refractivity contribution in [1.82, 2.24) is 5.32 Å². The smallest absolute Gasteiger partial charge is 0.325 e. The van der Waals surface area contributed by atoms with Gasteiger partial charge in [-0.25, -0.2) is 4.39 Å². The largest absolute Gasteiger partial charge is 0.480 e. The zero-order chi connectivity index (χ0) is 11.4. The van der Waals surface area contributed by atoms with Crippen LogP contribution in [0.15, 0.2) is 18.2 Å². The van der Waals surface area contributed by atoms with Gasteiger partial charge in [-0.05, 0) is 18.7 Å². The minimum absolute atomic E-state index is 0.0914. The summed E-state index contributed by atoms with van der Waals surface area (Å²) >= 11 is 5.57. The molecule has 1 atom stereocenters. The fourth-order valence-electron chi connectivity index (χ4n) is 1.27. The van der Waals surface area contributed by atoms with Crippen molar-refractivity contribution < 1.29 is 14.3 Å². The fraction of sp³-hybridized carbons (Fsp3) is 0.300. The molecular weight excluding hydrogens is 221 g/mol. The van der Waals surface area contributed by atoms with Crippen molar-refractivity contribution in [1.29, 1.82) is 0 Å². The lowest BCUT2D eigenvalue weighted by Gasteiger charge is -2.14. The molecule has 3 nitrogen and oxygen atoms in total. The number of likely N-dealkylation sites (N-methyl/N-ethyl adjacent to an activating group) is 1. The molecule has 0 heterocycles. The van der Waals surface area contributed by atoms with Crippen LogP contribution < -0.4 is 5.32 Å². The highest BCUT2D eigenvalue weighted by Crippen LogP contribution is 2.20. The molecule has 0 aliphatic heterocycles. The Bertz CT molecular complexity index is 370. The van der Waals surface area contributed by atoms with E-state index in [9.17, 15) is 9.18 Å². The molecule has 5 heteroatoms. The predicted molar refractivity (Wildman–Crippen MR) is 55.5 cm³/mol. The van der Waals surface area contributed by atoms with Crippen LogP contribution in [0.25, 0.3) is 0 Å². The lowest BCUT2D eigenvalue weighted by molar-refractivity contribution is -0.139. The Balaban J connectivity index is 3.05. The quantitative estimate of drug-likeness (QED) is 0.835. The van der Waals surface area contributed by atoms with Crippen molar-refractivity contribution in [2.45, 2.75) is 13.0 Å². The molecule has 0 amide bonds. The Morgan fingerprint density at radius 2 is 2.33 bits per heavy atom. The lowest BCUT2D eigenvalue weighted by atomic mass is 10.1. The molecule has 1 rings (SSSR count). The van der Waals surface area contributed by atoms with Gasteiger partial charge in [-0.3, -0.25) is 4.79 Å². The topological polar surface area (TPSA) is 49.3 Å². The molecule has 0 radical (unpaired) electrons. The first kappa shape index (κ1) is 11.9. The van der Waals surface area contributed by atoms with Crippen molar-refractivity contribution >= 4 is 17.6 Å². The monoisotopic (exact) mass is 231 g/mol. The van der Waals surface area contributed by atoms with E-state index in [1.54, 1.807) is 6.92 Å². The molecule has 0 bridgehead atoms. The second-order valence-electron chi connectivity index (χ2n) is 2.99. The normalized spacial score (nSPS) is 12.5. The number of aliphatic carboxylic acids is 1. The summed E-state index contributed by atoms with van der Waals surface area (Å²) in [6, 6.07) is 2.91. The third-order valence-electron chi connectivity index (χ3n) is 1.93. The first-order chi connectivity index (χ1) is 7.06. The van der Waals surface area contributed by atoms with Gasteiger partial charge in [0.15, 0.2) is 0 Å². The van der Waals surface area contributed by atoms with E-state index in [-0.39, 0.29) is 10.6 Å². The first-order valence-electron chi connectivity index (χ1n) is 4.47. The van der Waals surface area contributed by atoms with Crippen LogP contribution in [0, 0.1) is 5.82 Å². The summed E-state index contributed by atoms with van der Waals surface area (Å²) in [6.45, 7) is 2.20. The lowest BCUT2D eigenvalue weighted by Crippen LogP contribution is -2.29. The first-order valence-corrected chi connectivity index (χ1v) is 4.85. The summed E-state index contributed by atoms with van der Waals surface area (Å²) in [4.78, 5) is 10.9. The van der Waals surface area contributed by atoms with Gasteiger partial charge in [0.1, 0.15) is 11.9 Å². The highest BCUT2D eigenvalue weighted by atomic mass is 35.5. The molecular formula is C10H11ClFNO2. The van der Waals surface area contributed by atoms with Gasteiger partial charge >= 0.3 is 5.97 Å². The summed E-state index contributed by atoms with van der Waals surface area (Å²) < 4.78 is 13.4. The average molecular weight is 232 g/mol. The van der Waals surface area contributed by atoms with Crippen molar-refractivity contribution in [3.63, 3.8) is 0 Å². The van der Waals surface area contributed by atoms with Crippen molar-refractivity contribution in [3.05, 3.63) is 34.6 Å². The number of rotatable bonds is 4. The molecule has 0 saturated carbocycles. The van der Waals surface area contributed by atoms with E-state index in [0.717, 1.165) is 6.07 Å². The molecule has 0 fully saturated rings. The molecule has 15 heavy (non-hydrogen) atoms. The molecule has 0 aliphatic rings. The molecule has 0 aromatic heterocycles. The van der Waals surface area contributed by atoms with Crippen LogP contribution in [0.2, 0.25) is 5.02 Å². The number of carboxylic acids is 1. The van der Waals surface area contributed by atoms with Gasteiger partial charge in [-0.1, -0.05) is 24.6 Å². The molecule has 82 valence electrons. The minimum Gasteiger partial charge on any atom is -0.480 e. The highest BCUT2D eigenvalue weighted by Gasteiger charge is 2.21. The van der Waals surface area contributed by atoms with E-state index in [4.69, 9.17) is 16.7 Å². The van der Waals surface area contributed by atoms with Crippen LogP contribution in [-0.2, 0) is 4.79 Å². The van der Waals surface area contributed by atoms with Gasteiger partial charge in [0.2, 0.25) is 0 Å². The number of halogens is 2. The number of nitrogens with one attached hydrogen (secondary N) is 1. The summed E-state index contributed by atoms with van der Waals surface area (Å²) in [6.07, 6.45) is 0. The zero-order valence-corrected chi connectivity index (χ0v) is 8.88. The summed E-state index contributed by atoms with van der Waals surface area (Å²) in [7, 11) is 0. The van der Waals surface area contributed by atoms with Gasteiger partial charge in [0.05, 0.1) is 0 Å². The van der Waals surface area contributed by atoms with Crippen molar-refractivity contribution in [2.75, 3.05) is 6.54 Å². The second-order valence-corrected chi connectivity index (χ2v) is 3.43. The second kappa shape index (κ2) is 5.09. The van der Waals surface area contributed by atoms with Gasteiger partial charge in [0, 0.05) is 10.6 Å². The Morgan fingerprint density at radius 3 is 2.80 bits per heavy atom. The number of hydrogen-bond donors (Lipinski definition) is 2. The number of carboxylic acid groups (broad SMARTS) is 1. The summed E-state index contributed by atoms with van der Waals surface area (Å²) in [5.41, 5.74) is 0.0914. The van der Waals surface area contributed by atoms with Crippen molar-refractivity contribution in [3.8, 4) is 0 Å². The average Bonchev–Trinajstić information content (AvgIpc) is 2.15. The molecule has 0 spiro atoms.